The van der Waals surface area contributed by atoms with Crippen molar-refractivity contribution in [1.29, 1.82) is 5.26 Å². The van der Waals surface area contributed by atoms with Crippen LogP contribution in [0.4, 0.5) is 5.69 Å². The number of halogens is 2. The summed E-state index contributed by atoms with van der Waals surface area (Å²) in [5.74, 6) is 0. The molecule has 0 aromatic heterocycles. The average molecular weight is 365 g/mol. The van der Waals surface area contributed by atoms with E-state index in [0.717, 1.165) is 20.2 Å². The molecule has 14 heavy (non-hydrogen) atoms. The molecule has 1 aromatic carbocycles. The van der Waals surface area contributed by atoms with Crippen molar-refractivity contribution in [3.05, 3.63) is 26.2 Å². The Kier molecular flexibility index (Phi) is 4.69. The normalized spacial score (nSPS) is 11.9. The van der Waals surface area contributed by atoms with Crippen LogP contribution in [0.3, 0.4) is 0 Å². The van der Waals surface area contributed by atoms with Gasteiger partial charge in [-0.25, -0.2) is 0 Å². The highest BCUT2D eigenvalue weighted by Gasteiger charge is 2.06. The lowest BCUT2D eigenvalue weighted by Gasteiger charge is -2.12. The van der Waals surface area contributed by atoms with Gasteiger partial charge in [0, 0.05) is 8.04 Å². The molecule has 0 fully saturated rings. The Bertz CT molecular complexity index is 360. The number of benzene rings is 1. The maximum Gasteiger partial charge on any atom is 0.114 e. The Morgan fingerprint density at radius 2 is 2.36 bits per heavy atom. The summed E-state index contributed by atoms with van der Waals surface area (Å²) in [4.78, 5) is 0. The SMILES string of the molecule is CCC(C#N)Nc1cc(I)ccc1Br. The summed E-state index contributed by atoms with van der Waals surface area (Å²) in [7, 11) is 0. The van der Waals surface area contributed by atoms with Crippen molar-refractivity contribution in [3.63, 3.8) is 0 Å². The fraction of sp³-hybridized carbons (Fsp3) is 0.300. The second kappa shape index (κ2) is 5.56. The third kappa shape index (κ3) is 3.14. The van der Waals surface area contributed by atoms with E-state index in [2.05, 4.69) is 49.9 Å². The van der Waals surface area contributed by atoms with E-state index in [9.17, 15) is 0 Å². The lowest BCUT2D eigenvalue weighted by Crippen LogP contribution is -2.15. The van der Waals surface area contributed by atoms with Gasteiger partial charge < -0.3 is 5.32 Å². The Morgan fingerprint density at radius 1 is 1.64 bits per heavy atom. The molecule has 1 aromatic rings. The molecule has 0 spiro atoms. The van der Waals surface area contributed by atoms with Crippen molar-refractivity contribution >= 4 is 44.2 Å². The number of hydrogen-bond acceptors (Lipinski definition) is 2. The lowest BCUT2D eigenvalue weighted by molar-refractivity contribution is 0.844. The Balaban J connectivity index is 2.86. The first-order valence-corrected chi connectivity index (χ1v) is 6.15. The highest BCUT2D eigenvalue weighted by molar-refractivity contribution is 14.1. The lowest BCUT2D eigenvalue weighted by atomic mass is 10.2. The van der Waals surface area contributed by atoms with Gasteiger partial charge in [0.05, 0.1) is 11.8 Å². The molecule has 1 unspecified atom stereocenters. The van der Waals surface area contributed by atoms with Crippen LogP contribution in [0.15, 0.2) is 22.7 Å². The molecule has 4 heteroatoms. The highest BCUT2D eigenvalue weighted by atomic mass is 127. The zero-order valence-corrected chi connectivity index (χ0v) is 11.5. The maximum atomic E-state index is 8.82. The van der Waals surface area contributed by atoms with E-state index in [4.69, 9.17) is 5.26 Å². The predicted molar refractivity (Wildman–Crippen MR) is 70.2 cm³/mol. The third-order valence-electron chi connectivity index (χ3n) is 1.82. The van der Waals surface area contributed by atoms with Gasteiger partial charge in [0.2, 0.25) is 0 Å². The van der Waals surface area contributed by atoms with E-state index in [1.807, 2.05) is 25.1 Å². The quantitative estimate of drug-likeness (QED) is 0.828. The average Bonchev–Trinajstić information content (AvgIpc) is 2.19. The van der Waals surface area contributed by atoms with Gasteiger partial charge >= 0.3 is 0 Å². The Morgan fingerprint density at radius 3 is 2.93 bits per heavy atom. The summed E-state index contributed by atoms with van der Waals surface area (Å²) in [6, 6.07) is 8.11. The minimum Gasteiger partial charge on any atom is -0.369 e. The van der Waals surface area contributed by atoms with Crippen LogP contribution in [0.2, 0.25) is 0 Å². The topological polar surface area (TPSA) is 35.8 Å². The van der Waals surface area contributed by atoms with E-state index in [1.54, 1.807) is 0 Å². The summed E-state index contributed by atoms with van der Waals surface area (Å²) in [6.45, 7) is 1.99. The molecule has 1 N–H and O–H groups in total. The van der Waals surface area contributed by atoms with Crippen molar-refractivity contribution in [2.75, 3.05) is 5.32 Å². The van der Waals surface area contributed by atoms with Crippen molar-refractivity contribution in [1.82, 2.24) is 0 Å². The number of nitriles is 1. The minimum atomic E-state index is -0.121. The van der Waals surface area contributed by atoms with Crippen LogP contribution < -0.4 is 5.32 Å². The number of rotatable bonds is 3. The van der Waals surface area contributed by atoms with Crippen molar-refractivity contribution in [3.8, 4) is 6.07 Å². The molecule has 0 saturated carbocycles. The van der Waals surface area contributed by atoms with Crippen LogP contribution >= 0.6 is 38.5 Å². The number of hydrogen-bond donors (Lipinski definition) is 1. The molecule has 0 heterocycles. The van der Waals surface area contributed by atoms with Gasteiger partial charge in [-0.05, 0) is 63.1 Å². The fourth-order valence-corrected chi connectivity index (χ4v) is 1.87. The van der Waals surface area contributed by atoms with Crippen LogP contribution in [0.1, 0.15) is 13.3 Å². The molecular formula is C10H10BrIN2. The first-order valence-electron chi connectivity index (χ1n) is 4.28. The van der Waals surface area contributed by atoms with E-state index >= 15 is 0 Å². The van der Waals surface area contributed by atoms with Crippen molar-refractivity contribution in [2.24, 2.45) is 0 Å². The third-order valence-corrected chi connectivity index (χ3v) is 3.18. The van der Waals surface area contributed by atoms with Gasteiger partial charge in [-0.1, -0.05) is 6.92 Å². The first-order chi connectivity index (χ1) is 6.67. The minimum absolute atomic E-state index is 0.121. The van der Waals surface area contributed by atoms with Crippen LogP contribution in [-0.2, 0) is 0 Å². The summed E-state index contributed by atoms with van der Waals surface area (Å²) < 4.78 is 2.15. The Labute approximate surface area is 106 Å². The number of anilines is 1. The summed E-state index contributed by atoms with van der Waals surface area (Å²) in [5, 5.41) is 12.0. The molecule has 0 bridgehead atoms. The largest absolute Gasteiger partial charge is 0.369 e. The second-order valence-electron chi connectivity index (χ2n) is 2.86. The molecule has 0 radical (unpaired) electrons. The Hall–Kier alpha value is -0.280. The van der Waals surface area contributed by atoms with Gasteiger partial charge in [0.25, 0.3) is 0 Å². The van der Waals surface area contributed by atoms with Crippen LogP contribution in [0, 0.1) is 14.9 Å². The predicted octanol–water partition coefficient (Wildman–Crippen LogP) is 3.77. The van der Waals surface area contributed by atoms with Gasteiger partial charge in [-0.2, -0.15) is 5.26 Å². The van der Waals surface area contributed by atoms with Gasteiger partial charge in [0.1, 0.15) is 6.04 Å². The molecule has 2 nitrogen and oxygen atoms in total. The fourth-order valence-electron chi connectivity index (χ4n) is 1.02. The second-order valence-corrected chi connectivity index (χ2v) is 4.96. The van der Waals surface area contributed by atoms with Gasteiger partial charge in [-0.3, -0.25) is 0 Å². The van der Waals surface area contributed by atoms with Crippen molar-refractivity contribution in [2.45, 2.75) is 19.4 Å². The zero-order valence-electron chi connectivity index (χ0n) is 7.72. The monoisotopic (exact) mass is 364 g/mol. The highest BCUT2D eigenvalue weighted by Crippen LogP contribution is 2.25. The van der Waals surface area contributed by atoms with E-state index in [0.29, 0.717) is 0 Å². The van der Waals surface area contributed by atoms with Gasteiger partial charge in [-0.15, -0.1) is 0 Å². The van der Waals surface area contributed by atoms with Crippen LogP contribution in [0.25, 0.3) is 0 Å². The number of nitrogens with zero attached hydrogens (tertiary/aromatic N) is 1. The summed E-state index contributed by atoms with van der Waals surface area (Å²) in [5.41, 5.74) is 0.977. The molecule has 1 rings (SSSR count). The van der Waals surface area contributed by atoms with Crippen molar-refractivity contribution < 1.29 is 0 Å². The first kappa shape index (κ1) is 11.8. The summed E-state index contributed by atoms with van der Waals surface area (Å²) in [6.07, 6.45) is 0.800. The van der Waals surface area contributed by atoms with E-state index < -0.39 is 0 Å². The molecule has 0 aliphatic heterocycles. The number of nitrogens with one attached hydrogen (secondary N) is 1. The van der Waals surface area contributed by atoms with E-state index in [1.165, 1.54) is 0 Å². The van der Waals surface area contributed by atoms with Crippen LogP contribution in [-0.4, -0.2) is 6.04 Å². The summed E-state index contributed by atoms with van der Waals surface area (Å²) >= 11 is 5.69. The molecule has 0 saturated heterocycles. The standard InChI is InChI=1S/C10H10BrIN2/c1-2-8(6-13)14-10-5-7(12)3-4-9(10)11/h3-5,8,14H,2H2,1H3. The maximum absolute atomic E-state index is 8.82. The zero-order chi connectivity index (χ0) is 10.6. The molecular weight excluding hydrogens is 355 g/mol. The molecule has 0 aliphatic rings. The molecule has 1 atom stereocenters. The molecule has 74 valence electrons. The smallest absolute Gasteiger partial charge is 0.114 e. The van der Waals surface area contributed by atoms with Gasteiger partial charge in [0.15, 0.2) is 0 Å². The van der Waals surface area contributed by atoms with E-state index in [-0.39, 0.29) is 6.04 Å². The van der Waals surface area contributed by atoms with Crippen LogP contribution in [0.5, 0.6) is 0 Å². The molecule has 0 aliphatic carbocycles. The molecule has 0 amide bonds.